The van der Waals surface area contributed by atoms with Gasteiger partial charge in [-0.2, -0.15) is 0 Å². The fraction of sp³-hybridized carbons (Fsp3) is 0.143. The molecule has 0 unspecified atom stereocenters. The van der Waals surface area contributed by atoms with Crippen molar-refractivity contribution in [3.8, 4) is 28.3 Å². The molecule has 0 saturated heterocycles. The second-order valence-electron chi connectivity index (χ2n) is 6.58. The number of fused-ring (bicyclic) bond motifs is 1. The van der Waals surface area contributed by atoms with E-state index in [0.717, 1.165) is 5.56 Å². The molecule has 8 nitrogen and oxygen atoms in total. The van der Waals surface area contributed by atoms with Gasteiger partial charge in [0.25, 0.3) is 5.69 Å². The lowest BCUT2D eigenvalue weighted by atomic mass is 10.0. The number of hydrogen-bond donors (Lipinski definition) is 0. The van der Waals surface area contributed by atoms with Crippen molar-refractivity contribution in [3.05, 3.63) is 74.1 Å². The number of rotatable bonds is 4. The van der Waals surface area contributed by atoms with E-state index in [1.165, 1.54) is 19.2 Å². The number of nitrogens with zero attached hydrogens (tertiary/aromatic N) is 2. The smallest absolute Gasteiger partial charge is 0.339 e. The summed E-state index contributed by atoms with van der Waals surface area (Å²) >= 11 is 0. The molecule has 0 spiro atoms. The van der Waals surface area contributed by atoms with E-state index in [-0.39, 0.29) is 5.69 Å². The van der Waals surface area contributed by atoms with Crippen LogP contribution in [0.5, 0.6) is 5.75 Å². The molecule has 0 aliphatic heterocycles. The molecule has 0 saturated carbocycles. The summed E-state index contributed by atoms with van der Waals surface area (Å²) in [6, 6.07) is 11.2. The molecule has 0 aliphatic carbocycles. The third-order valence-corrected chi connectivity index (χ3v) is 4.88. The molecule has 0 radical (unpaired) electrons. The summed E-state index contributed by atoms with van der Waals surface area (Å²) in [4.78, 5) is 22.6. The van der Waals surface area contributed by atoms with Gasteiger partial charge >= 0.3 is 5.63 Å². The van der Waals surface area contributed by atoms with Crippen LogP contribution in [0.4, 0.5) is 5.69 Å². The average molecular weight is 392 g/mol. The van der Waals surface area contributed by atoms with Crippen molar-refractivity contribution in [2.24, 2.45) is 0 Å². The molecule has 2 aromatic heterocycles. The molecule has 0 bridgehead atoms. The fourth-order valence-corrected chi connectivity index (χ4v) is 3.19. The summed E-state index contributed by atoms with van der Waals surface area (Å²) < 4.78 is 16.4. The lowest BCUT2D eigenvalue weighted by molar-refractivity contribution is -0.384. The number of aromatic nitrogens is 1. The van der Waals surface area contributed by atoms with Crippen LogP contribution in [0.1, 0.15) is 11.1 Å². The van der Waals surface area contributed by atoms with E-state index in [1.54, 1.807) is 37.3 Å². The van der Waals surface area contributed by atoms with Gasteiger partial charge in [-0.05, 0) is 31.5 Å². The third-order valence-electron chi connectivity index (χ3n) is 4.88. The Bertz CT molecular complexity index is 1320. The van der Waals surface area contributed by atoms with Crippen LogP contribution in [0.3, 0.4) is 0 Å². The number of aryl methyl sites for hydroxylation is 1. The Labute approximate surface area is 164 Å². The van der Waals surface area contributed by atoms with E-state index in [0.29, 0.717) is 44.9 Å². The Morgan fingerprint density at radius 3 is 2.59 bits per heavy atom. The lowest BCUT2D eigenvalue weighted by Crippen LogP contribution is -2.06. The van der Waals surface area contributed by atoms with Crippen molar-refractivity contribution in [1.82, 2.24) is 5.16 Å². The molecule has 2 heterocycles. The largest absolute Gasteiger partial charge is 0.496 e. The molecule has 29 heavy (non-hydrogen) atoms. The van der Waals surface area contributed by atoms with Crippen LogP contribution in [0.15, 0.2) is 56.2 Å². The number of hydrogen-bond acceptors (Lipinski definition) is 7. The second kappa shape index (κ2) is 6.90. The summed E-state index contributed by atoms with van der Waals surface area (Å²) in [5, 5.41) is 15.7. The molecule has 2 aromatic carbocycles. The quantitative estimate of drug-likeness (QED) is 0.282. The van der Waals surface area contributed by atoms with E-state index >= 15 is 0 Å². The van der Waals surface area contributed by atoms with Crippen molar-refractivity contribution in [2.45, 2.75) is 13.8 Å². The Morgan fingerprint density at radius 1 is 1.07 bits per heavy atom. The van der Waals surface area contributed by atoms with E-state index < -0.39 is 10.5 Å². The number of nitro groups is 1. The maximum Gasteiger partial charge on any atom is 0.339 e. The maximum atomic E-state index is 12.1. The van der Waals surface area contributed by atoms with Crippen LogP contribution in [0.25, 0.3) is 33.6 Å². The molecular formula is C21H16N2O6. The van der Waals surface area contributed by atoms with Gasteiger partial charge in [-0.1, -0.05) is 17.3 Å². The molecule has 0 aliphatic rings. The molecule has 0 amide bonds. The first-order chi connectivity index (χ1) is 13.9. The standard InChI is InChI=1S/C21H16N2O6/c1-11-12(2)21(24)28-19-9-14(8-18(27-3)20(11)19)17-10-16(22-29-17)13-5-4-6-15(7-13)23(25)26/h4-10H,1-3H3. The number of ether oxygens (including phenoxy) is 1. The van der Waals surface area contributed by atoms with Crippen LogP contribution in [0.2, 0.25) is 0 Å². The Hall–Kier alpha value is -3.94. The van der Waals surface area contributed by atoms with Crippen molar-refractivity contribution < 1.29 is 18.6 Å². The van der Waals surface area contributed by atoms with Gasteiger partial charge in [-0.15, -0.1) is 0 Å². The van der Waals surface area contributed by atoms with E-state index in [4.69, 9.17) is 13.7 Å². The van der Waals surface area contributed by atoms with Crippen LogP contribution in [-0.2, 0) is 0 Å². The van der Waals surface area contributed by atoms with Gasteiger partial charge in [-0.3, -0.25) is 10.1 Å². The fourth-order valence-electron chi connectivity index (χ4n) is 3.19. The molecule has 4 rings (SSSR count). The van der Waals surface area contributed by atoms with Gasteiger partial charge in [0.15, 0.2) is 5.76 Å². The minimum atomic E-state index is -0.467. The van der Waals surface area contributed by atoms with Crippen LogP contribution in [-0.4, -0.2) is 17.2 Å². The highest BCUT2D eigenvalue weighted by molar-refractivity contribution is 5.91. The molecule has 4 aromatic rings. The lowest BCUT2D eigenvalue weighted by Gasteiger charge is -2.10. The van der Waals surface area contributed by atoms with Gasteiger partial charge < -0.3 is 13.7 Å². The zero-order chi connectivity index (χ0) is 20.7. The molecular weight excluding hydrogens is 376 g/mol. The number of non-ortho nitro benzene ring substituents is 1. The Morgan fingerprint density at radius 2 is 1.86 bits per heavy atom. The minimum absolute atomic E-state index is 0.0351. The van der Waals surface area contributed by atoms with Crippen molar-refractivity contribution in [1.29, 1.82) is 0 Å². The van der Waals surface area contributed by atoms with Crippen LogP contribution >= 0.6 is 0 Å². The number of nitro benzene ring substituents is 1. The third kappa shape index (κ3) is 3.14. The first-order valence-electron chi connectivity index (χ1n) is 8.73. The highest BCUT2D eigenvalue weighted by Crippen LogP contribution is 2.36. The molecule has 146 valence electrons. The van der Waals surface area contributed by atoms with E-state index in [9.17, 15) is 14.9 Å². The zero-order valence-corrected chi connectivity index (χ0v) is 15.9. The number of methoxy groups -OCH3 is 1. The first-order valence-corrected chi connectivity index (χ1v) is 8.73. The summed E-state index contributed by atoms with van der Waals surface area (Å²) in [5.41, 5.74) is 2.84. The first kappa shape index (κ1) is 18.4. The zero-order valence-electron chi connectivity index (χ0n) is 15.9. The van der Waals surface area contributed by atoms with E-state index in [2.05, 4.69) is 5.16 Å². The summed E-state index contributed by atoms with van der Waals surface area (Å²) in [5.74, 6) is 0.947. The van der Waals surface area contributed by atoms with E-state index in [1.807, 2.05) is 6.92 Å². The topological polar surface area (TPSA) is 109 Å². The second-order valence-corrected chi connectivity index (χ2v) is 6.58. The predicted octanol–water partition coefficient (Wildman–Crippen LogP) is 4.65. The van der Waals surface area contributed by atoms with Gasteiger partial charge in [-0.25, -0.2) is 4.79 Å². The Kier molecular flexibility index (Phi) is 4.38. The highest BCUT2D eigenvalue weighted by atomic mass is 16.6. The highest BCUT2D eigenvalue weighted by Gasteiger charge is 2.17. The van der Waals surface area contributed by atoms with Gasteiger partial charge in [0, 0.05) is 34.9 Å². The molecule has 0 fully saturated rings. The minimum Gasteiger partial charge on any atom is -0.496 e. The summed E-state index contributed by atoms with van der Waals surface area (Å²) in [6.07, 6.45) is 0. The monoisotopic (exact) mass is 392 g/mol. The number of benzene rings is 2. The predicted molar refractivity (Wildman–Crippen MR) is 106 cm³/mol. The normalized spacial score (nSPS) is 11.0. The van der Waals surface area contributed by atoms with Crippen molar-refractivity contribution in [2.75, 3.05) is 7.11 Å². The molecule has 0 atom stereocenters. The van der Waals surface area contributed by atoms with Crippen LogP contribution < -0.4 is 10.4 Å². The van der Waals surface area contributed by atoms with Gasteiger partial charge in [0.1, 0.15) is 17.0 Å². The van der Waals surface area contributed by atoms with Crippen molar-refractivity contribution >= 4 is 16.7 Å². The van der Waals surface area contributed by atoms with Crippen molar-refractivity contribution in [3.63, 3.8) is 0 Å². The van der Waals surface area contributed by atoms with Crippen LogP contribution in [0, 0.1) is 24.0 Å². The maximum absolute atomic E-state index is 12.1. The molecule has 0 N–H and O–H groups in total. The Balaban J connectivity index is 1.84. The summed E-state index contributed by atoms with van der Waals surface area (Å²) in [7, 11) is 1.54. The summed E-state index contributed by atoms with van der Waals surface area (Å²) in [6.45, 7) is 3.54. The molecule has 8 heteroatoms. The average Bonchev–Trinajstić information content (AvgIpc) is 3.21. The SMILES string of the molecule is COc1cc(-c2cc(-c3cccc([N+](=O)[O-])c3)no2)cc2oc(=O)c(C)c(C)c12. The van der Waals surface area contributed by atoms with Gasteiger partial charge in [0.2, 0.25) is 0 Å². The van der Waals surface area contributed by atoms with Gasteiger partial charge in [0.05, 0.1) is 17.4 Å².